The van der Waals surface area contributed by atoms with E-state index in [1.807, 2.05) is 0 Å². The lowest BCUT2D eigenvalue weighted by Gasteiger charge is -2.12. The summed E-state index contributed by atoms with van der Waals surface area (Å²) < 4.78 is 13.0. The normalized spacial score (nSPS) is 12.5. The summed E-state index contributed by atoms with van der Waals surface area (Å²) in [6.45, 7) is 0. The van der Waals surface area contributed by atoms with Crippen molar-refractivity contribution in [3.05, 3.63) is 63.6 Å². The Kier molecular flexibility index (Phi) is 3.62. The molecule has 5 heteroatoms. The molecule has 1 aromatic carbocycles. The molecule has 1 atom stereocenters. The maximum absolute atomic E-state index is 13.0. The molecule has 17 heavy (non-hydrogen) atoms. The van der Waals surface area contributed by atoms with Gasteiger partial charge in [-0.1, -0.05) is 29.3 Å². The lowest BCUT2D eigenvalue weighted by molar-refractivity contribution is 0.219. The Morgan fingerprint density at radius 1 is 1.18 bits per heavy atom. The first-order valence-electron chi connectivity index (χ1n) is 4.81. The van der Waals surface area contributed by atoms with Gasteiger partial charge < -0.3 is 5.11 Å². The van der Waals surface area contributed by atoms with Crippen LogP contribution < -0.4 is 0 Å². The van der Waals surface area contributed by atoms with E-state index in [1.54, 1.807) is 12.1 Å². The quantitative estimate of drug-likeness (QED) is 0.905. The summed E-state index contributed by atoms with van der Waals surface area (Å²) in [5.41, 5.74) is 0.803. The molecule has 0 amide bonds. The van der Waals surface area contributed by atoms with Crippen LogP contribution in [0.15, 0.2) is 36.7 Å². The van der Waals surface area contributed by atoms with Gasteiger partial charge in [0.05, 0.1) is 6.20 Å². The van der Waals surface area contributed by atoms with Crippen molar-refractivity contribution in [1.82, 2.24) is 4.98 Å². The van der Waals surface area contributed by atoms with E-state index >= 15 is 0 Å². The van der Waals surface area contributed by atoms with Gasteiger partial charge in [0.15, 0.2) is 0 Å². The van der Waals surface area contributed by atoms with Crippen LogP contribution >= 0.6 is 23.2 Å². The molecule has 0 saturated carbocycles. The number of pyridine rings is 1. The number of aromatic nitrogens is 1. The van der Waals surface area contributed by atoms with Gasteiger partial charge in [-0.15, -0.1) is 0 Å². The van der Waals surface area contributed by atoms with Crippen molar-refractivity contribution in [2.24, 2.45) is 0 Å². The van der Waals surface area contributed by atoms with E-state index in [0.29, 0.717) is 21.2 Å². The molecule has 2 nitrogen and oxygen atoms in total. The second kappa shape index (κ2) is 5.00. The fourth-order valence-corrected chi connectivity index (χ4v) is 1.99. The first kappa shape index (κ1) is 12.3. The average Bonchev–Trinajstić information content (AvgIpc) is 2.28. The van der Waals surface area contributed by atoms with Crippen LogP contribution in [-0.2, 0) is 0 Å². The Morgan fingerprint density at radius 2 is 1.94 bits per heavy atom. The predicted octanol–water partition coefficient (Wildman–Crippen LogP) is 3.61. The van der Waals surface area contributed by atoms with Crippen molar-refractivity contribution in [3.8, 4) is 0 Å². The number of aliphatic hydroxyl groups is 1. The highest BCUT2D eigenvalue weighted by atomic mass is 35.5. The van der Waals surface area contributed by atoms with E-state index in [-0.39, 0.29) is 0 Å². The van der Waals surface area contributed by atoms with Crippen LogP contribution in [0.5, 0.6) is 0 Å². The average molecular weight is 272 g/mol. The zero-order chi connectivity index (χ0) is 12.4. The number of halogens is 3. The largest absolute Gasteiger partial charge is 0.384 e. The molecular weight excluding hydrogens is 264 g/mol. The third kappa shape index (κ3) is 2.75. The van der Waals surface area contributed by atoms with Crippen molar-refractivity contribution < 1.29 is 9.50 Å². The summed E-state index contributed by atoms with van der Waals surface area (Å²) in [5.74, 6) is -0.508. The Balaban J connectivity index is 2.40. The van der Waals surface area contributed by atoms with Gasteiger partial charge in [0.1, 0.15) is 11.9 Å². The summed E-state index contributed by atoms with van der Waals surface area (Å²) in [7, 11) is 0. The Labute approximate surface area is 108 Å². The fourth-order valence-electron chi connectivity index (χ4n) is 1.48. The molecule has 1 heterocycles. The monoisotopic (exact) mass is 271 g/mol. The smallest absolute Gasteiger partial charge is 0.141 e. The lowest BCUT2D eigenvalue weighted by Crippen LogP contribution is -2.01. The lowest BCUT2D eigenvalue weighted by atomic mass is 10.0. The third-order valence-corrected chi connectivity index (χ3v) is 2.86. The maximum Gasteiger partial charge on any atom is 0.141 e. The van der Waals surface area contributed by atoms with Crippen molar-refractivity contribution in [1.29, 1.82) is 0 Å². The molecule has 1 unspecified atom stereocenters. The molecule has 1 aromatic heterocycles. The van der Waals surface area contributed by atoms with Gasteiger partial charge in [0, 0.05) is 27.4 Å². The topological polar surface area (TPSA) is 33.1 Å². The van der Waals surface area contributed by atoms with Crippen LogP contribution in [0, 0.1) is 5.82 Å². The summed E-state index contributed by atoms with van der Waals surface area (Å²) in [6.07, 6.45) is 1.43. The molecular formula is C12H8Cl2FNO. The molecule has 0 aliphatic heterocycles. The zero-order valence-electron chi connectivity index (χ0n) is 8.57. The molecule has 88 valence electrons. The molecule has 2 aromatic rings. The number of hydrogen-bond acceptors (Lipinski definition) is 2. The number of benzene rings is 1. The molecule has 0 radical (unpaired) electrons. The van der Waals surface area contributed by atoms with E-state index in [0.717, 1.165) is 6.20 Å². The summed E-state index contributed by atoms with van der Waals surface area (Å²) >= 11 is 11.7. The number of nitrogens with zero attached hydrogens (tertiary/aromatic N) is 1. The van der Waals surface area contributed by atoms with Gasteiger partial charge in [-0.25, -0.2) is 4.39 Å². The van der Waals surface area contributed by atoms with Crippen molar-refractivity contribution in [2.75, 3.05) is 0 Å². The maximum atomic E-state index is 13.0. The van der Waals surface area contributed by atoms with Crippen LogP contribution in [-0.4, -0.2) is 10.1 Å². The van der Waals surface area contributed by atoms with Gasteiger partial charge in [0.25, 0.3) is 0 Å². The predicted molar refractivity (Wildman–Crippen MR) is 64.7 cm³/mol. The highest BCUT2D eigenvalue weighted by Crippen LogP contribution is 2.30. The second-order valence-electron chi connectivity index (χ2n) is 3.50. The minimum absolute atomic E-state index is 0.328. The standard InChI is InChI=1S/C12H8Cl2FNO/c13-8-1-2-10(11(14)4-8)12(17)7-3-9(15)6-16-5-7/h1-6,12,17H. The van der Waals surface area contributed by atoms with Crippen molar-refractivity contribution >= 4 is 23.2 Å². The van der Waals surface area contributed by atoms with Gasteiger partial charge in [-0.2, -0.15) is 0 Å². The van der Waals surface area contributed by atoms with Crippen LogP contribution in [0.4, 0.5) is 4.39 Å². The van der Waals surface area contributed by atoms with Gasteiger partial charge >= 0.3 is 0 Å². The second-order valence-corrected chi connectivity index (χ2v) is 4.35. The van der Waals surface area contributed by atoms with Gasteiger partial charge in [0.2, 0.25) is 0 Å². The molecule has 0 spiro atoms. The fraction of sp³-hybridized carbons (Fsp3) is 0.0833. The van der Waals surface area contributed by atoms with E-state index in [9.17, 15) is 9.50 Å². The van der Waals surface area contributed by atoms with Crippen molar-refractivity contribution in [2.45, 2.75) is 6.10 Å². The SMILES string of the molecule is OC(c1cncc(F)c1)c1ccc(Cl)cc1Cl. The zero-order valence-corrected chi connectivity index (χ0v) is 10.1. The Morgan fingerprint density at radius 3 is 2.59 bits per heavy atom. The first-order valence-corrected chi connectivity index (χ1v) is 5.57. The minimum atomic E-state index is -1.03. The summed E-state index contributed by atoms with van der Waals surface area (Å²) in [5, 5.41) is 10.9. The minimum Gasteiger partial charge on any atom is -0.384 e. The molecule has 0 aliphatic carbocycles. The summed E-state index contributed by atoms with van der Waals surface area (Å²) in [6, 6.07) is 5.94. The van der Waals surface area contributed by atoms with Crippen LogP contribution in [0.2, 0.25) is 10.0 Å². The van der Waals surface area contributed by atoms with E-state index < -0.39 is 11.9 Å². The van der Waals surface area contributed by atoms with E-state index in [2.05, 4.69) is 4.98 Å². The molecule has 0 aliphatic rings. The Hall–Kier alpha value is -1.16. The van der Waals surface area contributed by atoms with Crippen LogP contribution in [0.25, 0.3) is 0 Å². The van der Waals surface area contributed by atoms with Crippen LogP contribution in [0.1, 0.15) is 17.2 Å². The highest BCUT2D eigenvalue weighted by molar-refractivity contribution is 6.35. The molecule has 0 fully saturated rings. The highest BCUT2D eigenvalue weighted by Gasteiger charge is 2.15. The van der Waals surface area contributed by atoms with E-state index in [4.69, 9.17) is 23.2 Å². The molecule has 0 saturated heterocycles. The number of hydrogen-bond donors (Lipinski definition) is 1. The Bertz CT molecular complexity index is 548. The number of aliphatic hydroxyl groups excluding tert-OH is 1. The van der Waals surface area contributed by atoms with Gasteiger partial charge in [-0.05, 0) is 18.2 Å². The number of rotatable bonds is 2. The molecule has 0 bridgehead atoms. The molecule has 1 N–H and O–H groups in total. The van der Waals surface area contributed by atoms with Gasteiger partial charge in [-0.3, -0.25) is 4.98 Å². The van der Waals surface area contributed by atoms with Crippen molar-refractivity contribution in [3.63, 3.8) is 0 Å². The third-order valence-electron chi connectivity index (χ3n) is 2.30. The summed E-state index contributed by atoms with van der Waals surface area (Å²) in [4.78, 5) is 3.67. The van der Waals surface area contributed by atoms with E-state index in [1.165, 1.54) is 18.3 Å². The molecule has 2 rings (SSSR count). The first-order chi connectivity index (χ1) is 8.08. The van der Waals surface area contributed by atoms with Crippen LogP contribution in [0.3, 0.4) is 0 Å².